The van der Waals surface area contributed by atoms with Gasteiger partial charge in [0.15, 0.2) is 4.84 Å². The molecule has 2 aromatic rings. The molecule has 110 valence electrons. The fraction of sp³-hybridized carbons (Fsp3) is 0.188. The Labute approximate surface area is 133 Å². The average Bonchev–Trinajstić information content (AvgIpc) is 2.48. The Morgan fingerprint density at radius 2 is 1.86 bits per heavy atom. The first kappa shape index (κ1) is 15.7. The predicted molar refractivity (Wildman–Crippen MR) is 87.2 cm³/mol. The van der Waals surface area contributed by atoms with Crippen LogP contribution in [0.15, 0.2) is 48.5 Å². The zero-order valence-corrected chi connectivity index (χ0v) is 13.0. The highest BCUT2D eigenvalue weighted by molar-refractivity contribution is 6.54. The van der Waals surface area contributed by atoms with E-state index in [1.807, 2.05) is 49.4 Å². The third kappa shape index (κ3) is 4.38. The van der Waals surface area contributed by atoms with E-state index in [1.54, 1.807) is 6.07 Å². The van der Waals surface area contributed by atoms with Crippen LogP contribution in [0.3, 0.4) is 0 Å². The predicted octanol–water partition coefficient (Wildman–Crippen LogP) is 4.49. The molecule has 2 rings (SSSR count). The summed E-state index contributed by atoms with van der Waals surface area (Å²) in [7, 11) is 0. The Morgan fingerprint density at radius 3 is 2.48 bits per heavy atom. The molecule has 0 radical (unpaired) electrons. The summed E-state index contributed by atoms with van der Waals surface area (Å²) < 4.78 is 5.41. The molecule has 0 aliphatic rings. The molecule has 1 amide bonds. The molecular weight excluding hydrogens is 309 g/mol. The number of benzene rings is 2. The van der Waals surface area contributed by atoms with Crippen LogP contribution in [0.1, 0.15) is 6.92 Å². The van der Waals surface area contributed by atoms with Crippen molar-refractivity contribution in [2.45, 2.75) is 11.8 Å². The Balaban J connectivity index is 2.18. The van der Waals surface area contributed by atoms with Crippen molar-refractivity contribution in [3.8, 4) is 16.9 Å². The van der Waals surface area contributed by atoms with Gasteiger partial charge in [-0.2, -0.15) is 0 Å². The molecule has 3 nitrogen and oxygen atoms in total. The lowest BCUT2D eigenvalue weighted by atomic mass is 10.1. The molecule has 0 heterocycles. The maximum absolute atomic E-state index is 11.5. The van der Waals surface area contributed by atoms with Crippen molar-refractivity contribution < 1.29 is 9.53 Å². The van der Waals surface area contributed by atoms with Crippen LogP contribution in [-0.2, 0) is 4.79 Å². The summed E-state index contributed by atoms with van der Waals surface area (Å²) in [4.78, 5) is 10.4. The zero-order chi connectivity index (χ0) is 15.2. The van der Waals surface area contributed by atoms with E-state index >= 15 is 0 Å². The van der Waals surface area contributed by atoms with Crippen molar-refractivity contribution in [1.82, 2.24) is 0 Å². The van der Waals surface area contributed by atoms with Gasteiger partial charge in [-0.05, 0) is 42.3 Å². The molecule has 0 unspecified atom stereocenters. The molecule has 0 bridgehead atoms. The van der Waals surface area contributed by atoms with Crippen LogP contribution < -0.4 is 10.1 Å². The molecule has 0 saturated carbocycles. The smallest absolute Gasteiger partial charge is 0.257 e. The minimum Gasteiger partial charge on any atom is -0.494 e. The van der Waals surface area contributed by atoms with Crippen molar-refractivity contribution in [1.29, 1.82) is 0 Å². The summed E-state index contributed by atoms with van der Waals surface area (Å²) >= 11 is 11.0. The standard InChI is InChI=1S/C16H15Cl2NO2/c1-2-21-14-8-6-11(7-9-14)12-4-3-5-13(10-12)19-16(20)15(17)18/h3-10,15H,2H2,1H3,(H,19,20). The van der Waals surface area contributed by atoms with Gasteiger partial charge < -0.3 is 10.1 Å². The van der Waals surface area contributed by atoms with Gasteiger partial charge in [-0.3, -0.25) is 4.79 Å². The third-order valence-electron chi connectivity index (χ3n) is 2.83. The number of nitrogens with one attached hydrogen (secondary N) is 1. The summed E-state index contributed by atoms with van der Waals surface area (Å²) in [5, 5.41) is 2.66. The number of anilines is 1. The van der Waals surface area contributed by atoms with Crippen molar-refractivity contribution >= 4 is 34.8 Å². The van der Waals surface area contributed by atoms with E-state index in [1.165, 1.54) is 0 Å². The van der Waals surface area contributed by atoms with Crippen LogP contribution in [-0.4, -0.2) is 17.4 Å². The number of ether oxygens (including phenoxy) is 1. The Bertz CT molecular complexity index is 612. The van der Waals surface area contributed by atoms with Crippen molar-refractivity contribution in [2.24, 2.45) is 0 Å². The topological polar surface area (TPSA) is 38.3 Å². The third-order valence-corrected chi connectivity index (χ3v) is 3.22. The number of amides is 1. The number of carbonyl (C=O) groups is 1. The molecule has 0 aromatic heterocycles. The highest BCUT2D eigenvalue weighted by Crippen LogP contribution is 2.25. The fourth-order valence-corrected chi connectivity index (χ4v) is 1.99. The minimum absolute atomic E-state index is 0.442. The van der Waals surface area contributed by atoms with Gasteiger partial charge in [0.25, 0.3) is 5.91 Å². The van der Waals surface area contributed by atoms with Crippen molar-refractivity contribution in [3.05, 3.63) is 48.5 Å². The SMILES string of the molecule is CCOc1ccc(-c2cccc(NC(=O)C(Cl)Cl)c2)cc1. The summed E-state index contributed by atoms with van der Waals surface area (Å²) in [6.07, 6.45) is 0. The van der Waals surface area contributed by atoms with Gasteiger partial charge in [0.1, 0.15) is 5.75 Å². The van der Waals surface area contributed by atoms with Crippen LogP contribution in [0.4, 0.5) is 5.69 Å². The molecule has 0 saturated heterocycles. The first-order valence-corrected chi connectivity index (χ1v) is 7.39. The number of hydrogen-bond donors (Lipinski definition) is 1. The van der Waals surface area contributed by atoms with Gasteiger partial charge in [-0.15, -0.1) is 0 Å². The monoisotopic (exact) mass is 323 g/mol. The van der Waals surface area contributed by atoms with E-state index in [-0.39, 0.29) is 0 Å². The molecular formula is C16H15Cl2NO2. The molecule has 0 fully saturated rings. The number of alkyl halides is 2. The van der Waals surface area contributed by atoms with Crippen LogP contribution in [0, 0.1) is 0 Å². The molecule has 21 heavy (non-hydrogen) atoms. The van der Waals surface area contributed by atoms with E-state index in [9.17, 15) is 4.79 Å². The van der Waals surface area contributed by atoms with E-state index in [0.717, 1.165) is 16.9 Å². The lowest BCUT2D eigenvalue weighted by Crippen LogP contribution is -2.18. The number of carbonyl (C=O) groups excluding carboxylic acids is 1. The van der Waals surface area contributed by atoms with Crippen LogP contribution in [0.2, 0.25) is 0 Å². The summed E-state index contributed by atoms with van der Waals surface area (Å²) in [5.74, 6) is 0.389. The second kappa shape index (κ2) is 7.34. The maximum atomic E-state index is 11.5. The van der Waals surface area contributed by atoms with Gasteiger partial charge in [-0.25, -0.2) is 0 Å². The first-order chi connectivity index (χ1) is 10.1. The van der Waals surface area contributed by atoms with Gasteiger partial charge in [0.2, 0.25) is 0 Å². The number of rotatable bonds is 5. The zero-order valence-electron chi connectivity index (χ0n) is 11.5. The summed E-state index contributed by atoms with van der Waals surface area (Å²) in [6, 6.07) is 15.2. The molecule has 1 N–H and O–H groups in total. The fourth-order valence-electron chi connectivity index (χ4n) is 1.88. The average molecular weight is 324 g/mol. The summed E-state index contributed by atoms with van der Waals surface area (Å²) in [6.45, 7) is 2.58. The van der Waals surface area contributed by atoms with Gasteiger partial charge in [0.05, 0.1) is 6.61 Å². The number of hydrogen-bond acceptors (Lipinski definition) is 2. The highest BCUT2D eigenvalue weighted by atomic mass is 35.5. The molecule has 0 aliphatic carbocycles. The van der Waals surface area contributed by atoms with E-state index < -0.39 is 10.7 Å². The lowest BCUT2D eigenvalue weighted by molar-refractivity contribution is -0.114. The van der Waals surface area contributed by atoms with E-state index in [2.05, 4.69) is 5.32 Å². The normalized spacial score (nSPS) is 10.5. The molecule has 0 atom stereocenters. The Morgan fingerprint density at radius 1 is 1.14 bits per heavy atom. The molecule has 0 spiro atoms. The van der Waals surface area contributed by atoms with E-state index in [4.69, 9.17) is 27.9 Å². The highest BCUT2D eigenvalue weighted by Gasteiger charge is 2.11. The second-order valence-corrected chi connectivity index (χ2v) is 5.42. The molecule has 5 heteroatoms. The lowest BCUT2D eigenvalue weighted by Gasteiger charge is -2.09. The van der Waals surface area contributed by atoms with Crippen molar-refractivity contribution in [3.63, 3.8) is 0 Å². The Hall–Kier alpha value is -1.71. The molecule has 2 aromatic carbocycles. The van der Waals surface area contributed by atoms with Crippen LogP contribution in [0.25, 0.3) is 11.1 Å². The van der Waals surface area contributed by atoms with Crippen LogP contribution in [0.5, 0.6) is 5.75 Å². The van der Waals surface area contributed by atoms with Crippen LogP contribution >= 0.6 is 23.2 Å². The second-order valence-electron chi connectivity index (χ2n) is 4.33. The maximum Gasteiger partial charge on any atom is 0.257 e. The quantitative estimate of drug-likeness (QED) is 0.823. The van der Waals surface area contributed by atoms with E-state index in [0.29, 0.717) is 12.3 Å². The minimum atomic E-state index is -1.08. The van der Waals surface area contributed by atoms with Gasteiger partial charge in [0, 0.05) is 5.69 Å². The number of halogens is 2. The van der Waals surface area contributed by atoms with Gasteiger partial charge >= 0.3 is 0 Å². The van der Waals surface area contributed by atoms with Crippen molar-refractivity contribution in [2.75, 3.05) is 11.9 Å². The Kier molecular flexibility index (Phi) is 5.48. The van der Waals surface area contributed by atoms with Gasteiger partial charge in [-0.1, -0.05) is 47.5 Å². The largest absolute Gasteiger partial charge is 0.494 e. The molecule has 0 aliphatic heterocycles. The first-order valence-electron chi connectivity index (χ1n) is 6.52. The summed E-state index contributed by atoms with van der Waals surface area (Å²) in [5.41, 5.74) is 2.66.